The number of rotatable bonds is 46. The molecule has 0 aromatic rings. The molecule has 0 radical (unpaired) electrons. The Morgan fingerprint density at radius 3 is 1.05 bits per heavy atom. The summed E-state index contributed by atoms with van der Waals surface area (Å²) in [6.45, 7) is 0.244. The van der Waals surface area contributed by atoms with Gasteiger partial charge in [0.2, 0.25) is 0 Å². The molecule has 0 rings (SSSR count). The van der Waals surface area contributed by atoms with E-state index in [1.807, 2.05) is 0 Å². The molecule has 0 aromatic carbocycles. The summed E-state index contributed by atoms with van der Waals surface area (Å²) in [6.07, 6.45) is 44.6. The molecule has 382 valence electrons. The van der Waals surface area contributed by atoms with Crippen LogP contribution in [-0.4, -0.2) is 95.0 Å². The molecule has 0 spiro atoms. The first-order chi connectivity index (χ1) is 31.8. The summed E-state index contributed by atoms with van der Waals surface area (Å²) in [5.74, 6) is -1.04. The van der Waals surface area contributed by atoms with Gasteiger partial charge in [-0.25, -0.2) is 9.13 Å². The van der Waals surface area contributed by atoms with Crippen molar-refractivity contribution >= 4 is 27.6 Å². The van der Waals surface area contributed by atoms with Crippen molar-refractivity contribution in [1.29, 1.82) is 0 Å². The molecule has 5 unspecified atom stereocenters. The quantitative estimate of drug-likeness (QED) is 0.0166. The first-order valence-electron chi connectivity index (χ1n) is 24.3. The van der Waals surface area contributed by atoms with E-state index in [1.165, 1.54) is 57.8 Å². The van der Waals surface area contributed by atoms with Gasteiger partial charge in [0.05, 0.1) is 26.4 Å². The van der Waals surface area contributed by atoms with Crippen LogP contribution in [0.25, 0.3) is 0 Å². The molecule has 0 aromatic heterocycles. The van der Waals surface area contributed by atoms with Crippen LogP contribution in [0.3, 0.4) is 0 Å². The van der Waals surface area contributed by atoms with E-state index in [2.05, 4.69) is 105 Å². The van der Waals surface area contributed by atoms with Gasteiger partial charge in [-0.3, -0.25) is 27.7 Å². The fraction of sp³-hybridized carbons (Fsp3) is 0.714. The van der Waals surface area contributed by atoms with Crippen LogP contribution in [0, 0.1) is 0 Å². The molecule has 17 heteroatoms. The predicted octanol–water partition coefficient (Wildman–Crippen LogP) is 11.2. The van der Waals surface area contributed by atoms with Crippen molar-refractivity contribution in [2.24, 2.45) is 0 Å². The van der Waals surface area contributed by atoms with Crippen LogP contribution in [0.5, 0.6) is 0 Å². The highest BCUT2D eigenvalue weighted by Crippen LogP contribution is 2.45. The summed E-state index contributed by atoms with van der Waals surface area (Å²) >= 11 is 0. The topological polar surface area (TPSA) is 225 Å². The maximum atomic E-state index is 12.2. The number of hydrogen-bond donors (Lipinski definition) is 5. The second-order valence-electron chi connectivity index (χ2n) is 16.1. The number of carbonyl (C=O) groups excluding carboxylic acids is 2. The molecular weight excluding hydrogens is 890 g/mol. The van der Waals surface area contributed by atoms with Crippen LogP contribution in [0.1, 0.15) is 168 Å². The van der Waals surface area contributed by atoms with Gasteiger partial charge >= 0.3 is 27.6 Å². The molecule has 15 nitrogen and oxygen atoms in total. The van der Waals surface area contributed by atoms with Gasteiger partial charge in [0.1, 0.15) is 31.5 Å². The number of ether oxygens (including phenoxy) is 2. The normalized spacial score (nSPS) is 15.7. The minimum absolute atomic E-state index is 0.138. The van der Waals surface area contributed by atoms with Crippen molar-refractivity contribution < 1.29 is 71.4 Å². The van der Waals surface area contributed by atoms with Gasteiger partial charge in [-0.15, -0.1) is 0 Å². The highest BCUT2D eigenvalue weighted by atomic mass is 31.2. The number of esters is 2. The summed E-state index contributed by atoms with van der Waals surface area (Å²) in [4.78, 5) is 43.7. The Morgan fingerprint density at radius 1 is 0.409 bits per heavy atom. The highest BCUT2D eigenvalue weighted by Gasteiger charge is 2.28. The Labute approximate surface area is 396 Å². The van der Waals surface area contributed by atoms with Gasteiger partial charge in [-0.1, -0.05) is 164 Å². The lowest BCUT2D eigenvalue weighted by molar-refractivity contribution is -0.148. The van der Waals surface area contributed by atoms with Crippen molar-refractivity contribution in [2.45, 2.75) is 186 Å². The minimum atomic E-state index is -4.80. The Kier molecular flexibility index (Phi) is 43.2. The summed E-state index contributed by atoms with van der Waals surface area (Å²) in [5, 5.41) is 30.0. The number of hydrogen-bond acceptors (Lipinski definition) is 13. The standard InChI is InChI=1S/C49H86O15P2/c1-3-5-7-9-11-13-15-17-18-19-20-21-22-23-24-26-28-30-32-34-36-38-49(54)60-40-46(51)42-62-66(57,58)64-44-47(52)43-63-65(55,56)61-41-45(50)39-59-48(53)37-35-33-31-29-27-25-16-14-12-10-8-6-4-2/h5,7,11,13,17-18,20-21,23-24,28,30,45-47,50-52H,3-4,6,8-10,12,14-16,19,22,25-27,29,31-44H2,1-2H3,(H,55,56)(H,57,58)/b7-5-,13-11-,18-17-,21-20-,24-23-,30-28-. The molecule has 0 amide bonds. The molecule has 5 N–H and O–H groups in total. The van der Waals surface area contributed by atoms with E-state index in [9.17, 15) is 43.8 Å². The highest BCUT2D eigenvalue weighted by molar-refractivity contribution is 7.47. The molecule has 0 bridgehead atoms. The van der Waals surface area contributed by atoms with Crippen LogP contribution in [0.2, 0.25) is 0 Å². The molecule has 5 atom stereocenters. The molecule has 0 aliphatic heterocycles. The maximum Gasteiger partial charge on any atom is 0.472 e. The summed E-state index contributed by atoms with van der Waals surface area (Å²) < 4.78 is 52.9. The van der Waals surface area contributed by atoms with Crippen LogP contribution >= 0.6 is 15.6 Å². The number of aliphatic hydroxyl groups is 3. The molecule has 0 fully saturated rings. The van der Waals surface area contributed by atoms with Crippen molar-refractivity contribution in [1.82, 2.24) is 0 Å². The summed E-state index contributed by atoms with van der Waals surface area (Å²) in [6, 6.07) is 0. The van der Waals surface area contributed by atoms with Gasteiger partial charge in [-0.2, -0.15) is 0 Å². The fourth-order valence-corrected chi connectivity index (χ4v) is 7.51. The number of allylic oxidation sites excluding steroid dienone is 12. The zero-order valence-corrected chi connectivity index (χ0v) is 41.9. The van der Waals surface area contributed by atoms with Crippen molar-refractivity contribution in [3.05, 3.63) is 72.9 Å². The number of phosphoric acid groups is 2. The Hall–Kier alpha value is -2.52. The second kappa shape index (κ2) is 45.0. The van der Waals surface area contributed by atoms with Gasteiger partial charge < -0.3 is 34.6 Å². The molecule has 0 saturated carbocycles. The lowest BCUT2D eigenvalue weighted by Gasteiger charge is -2.19. The van der Waals surface area contributed by atoms with Gasteiger partial charge in [0.25, 0.3) is 0 Å². The zero-order chi connectivity index (χ0) is 48.8. The largest absolute Gasteiger partial charge is 0.472 e. The van der Waals surface area contributed by atoms with Crippen LogP contribution in [-0.2, 0) is 46.3 Å². The van der Waals surface area contributed by atoms with E-state index in [1.54, 1.807) is 0 Å². The van der Waals surface area contributed by atoms with Crippen LogP contribution in [0.15, 0.2) is 72.9 Å². The second-order valence-corrected chi connectivity index (χ2v) is 19.0. The zero-order valence-electron chi connectivity index (χ0n) is 40.1. The average Bonchev–Trinajstić information content (AvgIpc) is 3.29. The lowest BCUT2D eigenvalue weighted by atomic mass is 10.0. The van der Waals surface area contributed by atoms with Crippen LogP contribution < -0.4 is 0 Å². The van der Waals surface area contributed by atoms with Gasteiger partial charge in [0, 0.05) is 12.8 Å². The smallest absolute Gasteiger partial charge is 0.463 e. The van der Waals surface area contributed by atoms with E-state index in [-0.39, 0.29) is 12.8 Å². The van der Waals surface area contributed by atoms with E-state index in [0.717, 1.165) is 70.6 Å². The molecule has 0 aliphatic carbocycles. The fourth-order valence-electron chi connectivity index (χ4n) is 5.92. The lowest BCUT2D eigenvalue weighted by Crippen LogP contribution is -2.25. The number of phosphoric ester groups is 2. The molecule has 0 heterocycles. The average molecular weight is 977 g/mol. The number of unbranched alkanes of at least 4 members (excludes halogenated alkanes) is 14. The predicted molar refractivity (Wildman–Crippen MR) is 260 cm³/mol. The van der Waals surface area contributed by atoms with E-state index < -0.39 is 85.5 Å². The number of carbonyl (C=O) groups is 2. The van der Waals surface area contributed by atoms with Crippen LogP contribution in [0.4, 0.5) is 0 Å². The molecular formula is C49H86O15P2. The van der Waals surface area contributed by atoms with Crippen molar-refractivity contribution in [3.63, 3.8) is 0 Å². The summed E-state index contributed by atoms with van der Waals surface area (Å²) in [7, 11) is -9.59. The molecule has 0 saturated heterocycles. The Balaban J connectivity index is 3.95. The third-order valence-electron chi connectivity index (χ3n) is 9.68. The molecule has 0 aliphatic rings. The van der Waals surface area contributed by atoms with Crippen molar-refractivity contribution in [3.8, 4) is 0 Å². The monoisotopic (exact) mass is 977 g/mol. The Bertz CT molecular complexity index is 1460. The van der Waals surface area contributed by atoms with Crippen molar-refractivity contribution in [2.75, 3.05) is 39.6 Å². The third-order valence-corrected chi connectivity index (χ3v) is 11.6. The van der Waals surface area contributed by atoms with E-state index in [0.29, 0.717) is 12.8 Å². The van der Waals surface area contributed by atoms with Gasteiger partial charge in [-0.05, 0) is 64.2 Å². The third kappa shape index (κ3) is 46.6. The SMILES string of the molecule is CC/C=C\C/C=C\C/C=C\C/C=C\C/C=C\C/C=C\CCCCC(=O)OCC(O)COP(=O)(O)OCC(O)COP(=O)(O)OCC(O)COC(=O)CCCCCCCCCCCCCCC. The number of aliphatic hydroxyl groups excluding tert-OH is 3. The minimum Gasteiger partial charge on any atom is -0.463 e. The molecule has 66 heavy (non-hydrogen) atoms. The van der Waals surface area contributed by atoms with E-state index in [4.69, 9.17) is 9.47 Å². The maximum absolute atomic E-state index is 12.2. The first kappa shape index (κ1) is 63.5. The summed E-state index contributed by atoms with van der Waals surface area (Å²) in [5.41, 5.74) is 0. The van der Waals surface area contributed by atoms with Gasteiger partial charge in [0.15, 0.2) is 0 Å². The first-order valence-corrected chi connectivity index (χ1v) is 27.3. The Morgan fingerprint density at radius 2 is 0.697 bits per heavy atom. The van der Waals surface area contributed by atoms with E-state index >= 15 is 0 Å².